The Kier molecular flexibility index (Phi) is 4.17. The number of amides is 1. The molecule has 0 radical (unpaired) electrons. The van der Waals surface area contributed by atoms with Crippen LogP contribution in [0.5, 0.6) is 0 Å². The summed E-state index contributed by atoms with van der Waals surface area (Å²) in [7, 11) is 0. The molecule has 0 spiro atoms. The Labute approximate surface area is 111 Å². The molecule has 0 saturated heterocycles. The van der Waals surface area contributed by atoms with Crippen molar-refractivity contribution in [2.24, 2.45) is 4.99 Å². The van der Waals surface area contributed by atoms with Crippen molar-refractivity contribution in [3.8, 4) is 0 Å². The van der Waals surface area contributed by atoms with Crippen LogP contribution in [0.25, 0.3) is 0 Å². The number of aliphatic imine (C=N–C) groups is 1. The van der Waals surface area contributed by atoms with Crippen LogP contribution in [0.4, 0.5) is 4.39 Å². The van der Waals surface area contributed by atoms with E-state index in [0.717, 1.165) is 16.8 Å². The average Bonchev–Trinajstić information content (AvgIpc) is 2.76. The van der Waals surface area contributed by atoms with Crippen LogP contribution in [0.15, 0.2) is 27.7 Å². The second-order valence-electron chi connectivity index (χ2n) is 3.50. The lowest BCUT2D eigenvalue weighted by Crippen LogP contribution is -2.29. The van der Waals surface area contributed by atoms with Gasteiger partial charge in [-0.15, -0.1) is 0 Å². The van der Waals surface area contributed by atoms with Crippen molar-refractivity contribution in [2.45, 2.75) is 6.42 Å². The normalized spacial score (nSPS) is 14.6. The van der Waals surface area contributed by atoms with E-state index in [0.29, 0.717) is 10.7 Å². The number of amidine groups is 1. The Morgan fingerprint density at radius 2 is 2.41 bits per heavy atom. The SMILES string of the molecule is O=C(Cc1cc(Br)ccc1F)NC1=NCCS1. The highest BCUT2D eigenvalue weighted by Gasteiger charge is 2.13. The van der Waals surface area contributed by atoms with Crippen molar-refractivity contribution < 1.29 is 9.18 Å². The zero-order valence-corrected chi connectivity index (χ0v) is 11.3. The highest BCUT2D eigenvalue weighted by atomic mass is 79.9. The van der Waals surface area contributed by atoms with Gasteiger partial charge in [0, 0.05) is 10.2 Å². The Morgan fingerprint density at radius 3 is 3.12 bits per heavy atom. The minimum Gasteiger partial charge on any atom is -0.305 e. The van der Waals surface area contributed by atoms with Crippen molar-refractivity contribution in [1.29, 1.82) is 0 Å². The maximum Gasteiger partial charge on any atom is 0.230 e. The number of hydrogen-bond donors (Lipinski definition) is 1. The number of nitrogens with zero attached hydrogens (tertiary/aromatic N) is 1. The summed E-state index contributed by atoms with van der Waals surface area (Å²) in [6, 6.07) is 4.56. The molecule has 0 atom stereocenters. The molecule has 0 fully saturated rings. The number of thioether (sulfide) groups is 1. The number of carbonyl (C=O) groups excluding carboxylic acids is 1. The molecule has 0 unspecified atom stereocenters. The van der Waals surface area contributed by atoms with Gasteiger partial charge in [0.2, 0.25) is 5.91 Å². The molecule has 0 saturated carbocycles. The first-order valence-electron chi connectivity index (χ1n) is 5.06. The molecule has 1 heterocycles. The highest BCUT2D eigenvalue weighted by Crippen LogP contribution is 2.16. The lowest BCUT2D eigenvalue weighted by Gasteiger charge is -2.05. The first-order chi connectivity index (χ1) is 8.15. The van der Waals surface area contributed by atoms with Crippen LogP contribution in [0, 0.1) is 5.82 Å². The molecule has 0 aromatic heterocycles. The van der Waals surface area contributed by atoms with Crippen LogP contribution >= 0.6 is 27.7 Å². The van der Waals surface area contributed by atoms with Gasteiger partial charge in [0.15, 0.2) is 5.17 Å². The van der Waals surface area contributed by atoms with Gasteiger partial charge in [0.25, 0.3) is 0 Å². The Balaban J connectivity index is 2.00. The number of rotatable bonds is 2. The van der Waals surface area contributed by atoms with Gasteiger partial charge < -0.3 is 5.32 Å². The minimum absolute atomic E-state index is 0.0187. The fourth-order valence-electron chi connectivity index (χ4n) is 1.43. The van der Waals surface area contributed by atoms with Gasteiger partial charge in [0.1, 0.15) is 5.82 Å². The van der Waals surface area contributed by atoms with Crippen LogP contribution in [0.1, 0.15) is 5.56 Å². The Morgan fingerprint density at radius 1 is 1.59 bits per heavy atom. The maximum absolute atomic E-state index is 13.4. The van der Waals surface area contributed by atoms with Crippen molar-refractivity contribution in [1.82, 2.24) is 5.32 Å². The van der Waals surface area contributed by atoms with Gasteiger partial charge in [-0.2, -0.15) is 0 Å². The van der Waals surface area contributed by atoms with E-state index in [1.54, 1.807) is 12.1 Å². The molecule has 6 heteroatoms. The number of carbonyl (C=O) groups is 1. The van der Waals surface area contributed by atoms with Crippen LogP contribution < -0.4 is 5.32 Å². The summed E-state index contributed by atoms with van der Waals surface area (Å²) in [6.07, 6.45) is 0.0187. The zero-order chi connectivity index (χ0) is 12.3. The van der Waals surface area contributed by atoms with Gasteiger partial charge in [-0.05, 0) is 23.8 Å². The number of hydrogen-bond acceptors (Lipinski definition) is 3. The molecule has 1 N–H and O–H groups in total. The summed E-state index contributed by atoms with van der Waals surface area (Å²) in [6.45, 7) is 0.728. The molecule has 90 valence electrons. The summed E-state index contributed by atoms with van der Waals surface area (Å²) in [5.41, 5.74) is 0.375. The first-order valence-corrected chi connectivity index (χ1v) is 6.84. The van der Waals surface area contributed by atoms with E-state index < -0.39 is 0 Å². The summed E-state index contributed by atoms with van der Waals surface area (Å²) in [5, 5.41) is 3.30. The third kappa shape index (κ3) is 3.54. The lowest BCUT2D eigenvalue weighted by atomic mass is 10.1. The minimum atomic E-state index is -0.371. The van der Waals surface area contributed by atoms with Crippen molar-refractivity contribution in [2.75, 3.05) is 12.3 Å². The summed E-state index contributed by atoms with van der Waals surface area (Å²) < 4.78 is 14.2. The summed E-state index contributed by atoms with van der Waals surface area (Å²) in [5.74, 6) is 0.278. The summed E-state index contributed by atoms with van der Waals surface area (Å²) in [4.78, 5) is 15.7. The van der Waals surface area contributed by atoms with Crippen molar-refractivity contribution >= 4 is 38.8 Å². The van der Waals surface area contributed by atoms with Gasteiger partial charge in [-0.1, -0.05) is 27.7 Å². The van der Waals surface area contributed by atoms with Crippen LogP contribution in [-0.4, -0.2) is 23.4 Å². The molecule has 0 bridgehead atoms. The van der Waals surface area contributed by atoms with E-state index in [4.69, 9.17) is 0 Å². The molecule has 1 aliphatic heterocycles. The van der Waals surface area contributed by atoms with Crippen LogP contribution in [-0.2, 0) is 11.2 Å². The molecule has 2 rings (SSSR count). The molecule has 0 aliphatic carbocycles. The van der Waals surface area contributed by atoms with Crippen molar-refractivity contribution in [3.05, 3.63) is 34.1 Å². The van der Waals surface area contributed by atoms with E-state index in [1.165, 1.54) is 17.8 Å². The fraction of sp³-hybridized carbons (Fsp3) is 0.273. The van der Waals surface area contributed by atoms with E-state index in [-0.39, 0.29) is 18.1 Å². The van der Waals surface area contributed by atoms with Crippen LogP contribution in [0.3, 0.4) is 0 Å². The first kappa shape index (κ1) is 12.6. The van der Waals surface area contributed by atoms with Gasteiger partial charge in [-0.25, -0.2) is 4.39 Å². The summed E-state index contributed by atoms with van der Waals surface area (Å²) >= 11 is 4.75. The predicted molar refractivity (Wildman–Crippen MR) is 70.7 cm³/mol. The second-order valence-corrected chi connectivity index (χ2v) is 5.50. The van der Waals surface area contributed by atoms with Gasteiger partial charge in [-0.3, -0.25) is 9.79 Å². The van der Waals surface area contributed by atoms with E-state index in [2.05, 4.69) is 26.2 Å². The lowest BCUT2D eigenvalue weighted by molar-refractivity contribution is -0.119. The number of benzene rings is 1. The number of nitrogens with one attached hydrogen (secondary N) is 1. The molecular weight excluding hydrogens is 307 g/mol. The largest absolute Gasteiger partial charge is 0.305 e. The monoisotopic (exact) mass is 316 g/mol. The standard InChI is InChI=1S/C11H10BrFN2OS/c12-8-1-2-9(13)7(5-8)6-10(16)15-11-14-3-4-17-11/h1-2,5H,3-4,6H2,(H,14,15,16). The van der Waals surface area contributed by atoms with Crippen molar-refractivity contribution in [3.63, 3.8) is 0 Å². The van der Waals surface area contributed by atoms with E-state index in [1.807, 2.05) is 0 Å². The quantitative estimate of drug-likeness (QED) is 0.910. The third-order valence-electron chi connectivity index (χ3n) is 2.19. The Hall–Kier alpha value is -0.880. The molecule has 1 aliphatic rings. The molecule has 1 aromatic rings. The molecule has 3 nitrogen and oxygen atoms in total. The smallest absolute Gasteiger partial charge is 0.230 e. The second kappa shape index (κ2) is 5.64. The third-order valence-corrected chi connectivity index (χ3v) is 3.58. The molecule has 17 heavy (non-hydrogen) atoms. The average molecular weight is 317 g/mol. The molecular formula is C11H10BrFN2OS. The van der Waals surface area contributed by atoms with E-state index >= 15 is 0 Å². The maximum atomic E-state index is 13.4. The fourth-order valence-corrected chi connectivity index (χ4v) is 2.58. The van der Waals surface area contributed by atoms with Crippen LogP contribution in [0.2, 0.25) is 0 Å². The topological polar surface area (TPSA) is 41.5 Å². The zero-order valence-electron chi connectivity index (χ0n) is 8.87. The van der Waals surface area contributed by atoms with E-state index in [9.17, 15) is 9.18 Å². The molecule has 1 amide bonds. The Bertz CT molecular complexity index is 479. The number of halogens is 2. The van der Waals surface area contributed by atoms with Gasteiger partial charge in [0.05, 0.1) is 13.0 Å². The molecule has 1 aromatic carbocycles. The van der Waals surface area contributed by atoms with Gasteiger partial charge >= 0.3 is 0 Å². The predicted octanol–water partition coefficient (Wildman–Crippen LogP) is 2.35. The highest BCUT2D eigenvalue weighted by molar-refractivity contribution is 9.10.